The third-order valence-electron chi connectivity index (χ3n) is 6.52. The van der Waals surface area contributed by atoms with Gasteiger partial charge in [-0.3, -0.25) is 9.59 Å². The Balaban J connectivity index is 1.57. The number of rotatable bonds is 4. The van der Waals surface area contributed by atoms with Crippen LogP contribution in [0.5, 0.6) is 0 Å². The highest BCUT2D eigenvalue weighted by Crippen LogP contribution is 2.34. The third-order valence-corrected chi connectivity index (χ3v) is 6.52. The lowest BCUT2D eigenvalue weighted by Crippen LogP contribution is -2.48. The molecule has 2 aliphatic heterocycles. The van der Waals surface area contributed by atoms with Crippen molar-refractivity contribution in [3.63, 3.8) is 0 Å². The summed E-state index contributed by atoms with van der Waals surface area (Å²) in [6, 6.07) is 8.16. The summed E-state index contributed by atoms with van der Waals surface area (Å²) in [4.78, 5) is 34.1. The van der Waals surface area contributed by atoms with Crippen LogP contribution >= 0.6 is 0 Å². The van der Waals surface area contributed by atoms with Crippen LogP contribution in [-0.4, -0.2) is 61.0 Å². The first-order chi connectivity index (χ1) is 14.9. The SMILES string of the molecule is CC(=O)N1CCN(c2ccc(NC(=O)c3cc(C)c[nH]3)c(N3CCC(C)CC3)c2)CC1. The molecular weight excluding hydrogens is 390 g/mol. The first kappa shape index (κ1) is 21.3. The summed E-state index contributed by atoms with van der Waals surface area (Å²) in [5.41, 5.74) is 4.68. The molecule has 2 amide bonds. The largest absolute Gasteiger partial charge is 0.370 e. The first-order valence-corrected chi connectivity index (χ1v) is 11.3. The number of nitrogens with one attached hydrogen (secondary N) is 2. The van der Waals surface area contributed by atoms with E-state index in [1.54, 1.807) is 6.92 Å². The number of H-pyrrole nitrogens is 1. The summed E-state index contributed by atoms with van der Waals surface area (Å²) in [5.74, 6) is 0.752. The van der Waals surface area contributed by atoms with Gasteiger partial charge in [-0.25, -0.2) is 0 Å². The zero-order valence-electron chi connectivity index (χ0n) is 18.8. The van der Waals surface area contributed by atoms with Crippen LogP contribution in [0.25, 0.3) is 0 Å². The van der Waals surface area contributed by atoms with Crippen molar-refractivity contribution < 1.29 is 9.59 Å². The molecule has 0 bridgehead atoms. The van der Waals surface area contributed by atoms with Crippen LogP contribution in [0.4, 0.5) is 17.1 Å². The van der Waals surface area contributed by atoms with Gasteiger partial charge in [-0.1, -0.05) is 6.92 Å². The number of amides is 2. The molecule has 0 spiro atoms. The number of hydrogen-bond acceptors (Lipinski definition) is 4. The molecule has 1 aromatic carbocycles. The number of piperazine rings is 1. The van der Waals surface area contributed by atoms with Gasteiger partial charge < -0.3 is 25.0 Å². The Morgan fingerprint density at radius 1 is 1.00 bits per heavy atom. The van der Waals surface area contributed by atoms with Crippen LogP contribution < -0.4 is 15.1 Å². The molecule has 4 rings (SSSR count). The Morgan fingerprint density at radius 3 is 2.32 bits per heavy atom. The molecule has 166 valence electrons. The maximum atomic E-state index is 12.8. The Hall–Kier alpha value is -2.96. The number of hydrogen-bond donors (Lipinski definition) is 2. The Morgan fingerprint density at radius 2 is 1.71 bits per heavy atom. The summed E-state index contributed by atoms with van der Waals surface area (Å²) in [6.45, 7) is 11.0. The lowest BCUT2D eigenvalue weighted by molar-refractivity contribution is -0.129. The van der Waals surface area contributed by atoms with Crippen LogP contribution in [0.2, 0.25) is 0 Å². The van der Waals surface area contributed by atoms with Gasteiger partial charge in [-0.2, -0.15) is 0 Å². The molecule has 2 fully saturated rings. The molecule has 0 unspecified atom stereocenters. The van der Waals surface area contributed by atoms with E-state index in [1.807, 2.05) is 30.2 Å². The number of carbonyl (C=O) groups excluding carboxylic acids is 2. The van der Waals surface area contributed by atoms with Gasteiger partial charge >= 0.3 is 0 Å². The first-order valence-electron chi connectivity index (χ1n) is 11.3. The summed E-state index contributed by atoms with van der Waals surface area (Å²) >= 11 is 0. The van der Waals surface area contributed by atoms with E-state index in [4.69, 9.17) is 0 Å². The average molecular weight is 424 g/mol. The van der Waals surface area contributed by atoms with Crippen molar-refractivity contribution >= 4 is 28.9 Å². The number of benzene rings is 1. The summed E-state index contributed by atoms with van der Waals surface area (Å²) in [7, 11) is 0. The monoisotopic (exact) mass is 423 g/mol. The lowest BCUT2D eigenvalue weighted by atomic mass is 9.98. The van der Waals surface area contributed by atoms with Crippen molar-refractivity contribution in [3.8, 4) is 0 Å². The Bertz CT molecular complexity index is 937. The molecule has 3 heterocycles. The van der Waals surface area contributed by atoms with Gasteiger partial charge in [0.2, 0.25) is 5.91 Å². The molecule has 2 N–H and O–H groups in total. The molecule has 0 aliphatic carbocycles. The molecule has 2 saturated heterocycles. The molecular formula is C24H33N5O2. The molecule has 2 aliphatic rings. The molecule has 0 atom stereocenters. The van der Waals surface area contributed by atoms with Crippen molar-refractivity contribution in [2.24, 2.45) is 5.92 Å². The van der Waals surface area contributed by atoms with Crippen LogP contribution in [0.15, 0.2) is 30.5 Å². The van der Waals surface area contributed by atoms with E-state index < -0.39 is 0 Å². The van der Waals surface area contributed by atoms with E-state index in [2.05, 4.69) is 39.2 Å². The van der Waals surface area contributed by atoms with Crippen LogP contribution in [0.3, 0.4) is 0 Å². The van der Waals surface area contributed by atoms with Gasteiger partial charge in [-0.05, 0) is 55.5 Å². The third kappa shape index (κ3) is 4.86. The fourth-order valence-corrected chi connectivity index (χ4v) is 4.44. The minimum Gasteiger partial charge on any atom is -0.370 e. The number of carbonyl (C=O) groups is 2. The standard InChI is InChI=1S/C24H33N5O2/c1-17-6-8-29(9-7-17)23-15-20(28-12-10-27(11-13-28)19(3)30)4-5-21(23)26-24(31)22-14-18(2)16-25-22/h4-5,14-17,25H,6-13H2,1-3H3,(H,26,31). The molecule has 1 aromatic heterocycles. The van der Waals surface area contributed by atoms with Gasteiger partial charge in [-0.15, -0.1) is 0 Å². The van der Waals surface area contributed by atoms with Crippen molar-refractivity contribution in [3.05, 3.63) is 41.7 Å². The van der Waals surface area contributed by atoms with Gasteiger partial charge in [0.15, 0.2) is 0 Å². The quantitative estimate of drug-likeness (QED) is 0.790. The van der Waals surface area contributed by atoms with Crippen LogP contribution in [0, 0.1) is 12.8 Å². The predicted octanol–water partition coefficient (Wildman–Crippen LogP) is 3.48. The van der Waals surface area contributed by atoms with E-state index in [-0.39, 0.29) is 11.8 Å². The highest BCUT2D eigenvalue weighted by molar-refractivity contribution is 6.05. The van der Waals surface area contributed by atoms with Gasteiger partial charge in [0, 0.05) is 58.1 Å². The molecule has 31 heavy (non-hydrogen) atoms. The second-order valence-corrected chi connectivity index (χ2v) is 8.91. The number of anilines is 3. The van der Waals surface area contributed by atoms with Gasteiger partial charge in [0.25, 0.3) is 5.91 Å². The summed E-state index contributed by atoms with van der Waals surface area (Å²) in [5, 5.41) is 3.12. The Labute approximate surface area is 184 Å². The van der Waals surface area contributed by atoms with Crippen molar-refractivity contribution in [1.29, 1.82) is 0 Å². The molecule has 2 aromatic rings. The minimum absolute atomic E-state index is 0.123. The molecule has 0 saturated carbocycles. The fourth-order valence-electron chi connectivity index (χ4n) is 4.44. The number of aromatic nitrogens is 1. The minimum atomic E-state index is -0.123. The predicted molar refractivity (Wildman–Crippen MR) is 125 cm³/mol. The number of aryl methyl sites for hydroxylation is 1. The second-order valence-electron chi connectivity index (χ2n) is 8.91. The van der Waals surface area contributed by atoms with Gasteiger partial charge in [0.05, 0.1) is 11.4 Å². The number of piperidine rings is 1. The average Bonchev–Trinajstić information content (AvgIpc) is 3.21. The van der Waals surface area contributed by atoms with E-state index in [1.165, 1.54) is 0 Å². The smallest absolute Gasteiger partial charge is 0.272 e. The molecule has 7 heteroatoms. The molecule has 7 nitrogen and oxygen atoms in total. The van der Waals surface area contributed by atoms with Crippen molar-refractivity contribution in [2.45, 2.75) is 33.6 Å². The van der Waals surface area contributed by atoms with E-state index in [9.17, 15) is 9.59 Å². The zero-order chi connectivity index (χ0) is 22.0. The maximum Gasteiger partial charge on any atom is 0.272 e. The molecule has 0 radical (unpaired) electrons. The fraction of sp³-hybridized carbons (Fsp3) is 0.500. The van der Waals surface area contributed by atoms with Crippen molar-refractivity contribution in [1.82, 2.24) is 9.88 Å². The van der Waals surface area contributed by atoms with E-state index >= 15 is 0 Å². The van der Waals surface area contributed by atoms with Gasteiger partial charge in [0.1, 0.15) is 5.69 Å². The Kier molecular flexibility index (Phi) is 6.20. The maximum absolute atomic E-state index is 12.8. The highest BCUT2D eigenvalue weighted by atomic mass is 16.2. The second kappa shape index (κ2) is 9.04. The normalized spacial score (nSPS) is 17.7. The number of aromatic amines is 1. The van der Waals surface area contributed by atoms with E-state index in [0.29, 0.717) is 5.69 Å². The summed E-state index contributed by atoms with van der Waals surface area (Å²) < 4.78 is 0. The van der Waals surface area contributed by atoms with Crippen LogP contribution in [-0.2, 0) is 4.79 Å². The lowest BCUT2D eigenvalue weighted by Gasteiger charge is -2.37. The van der Waals surface area contributed by atoms with Crippen LogP contribution in [0.1, 0.15) is 42.7 Å². The topological polar surface area (TPSA) is 71.7 Å². The number of nitrogens with zero attached hydrogens (tertiary/aromatic N) is 3. The van der Waals surface area contributed by atoms with Crippen molar-refractivity contribution in [2.75, 3.05) is 54.4 Å². The highest BCUT2D eigenvalue weighted by Gasteiger charge is 2.23. The zero-order valence-corrected chi connectivity index (χ0v) is 18.8. The van der Waals surface area contributed by atoms with E-state index in [0.717, 1.165) is 80.7 Å². The summed E-state index contributed by atoms with van der Waals surface area (Å²) in [6.07, 6.45) is 4.15.